The van der Waals surface area contributed by atoms with Gasteiger partial charge in [-0.25, -0.2) is 14.4 Å². The van der Waals surface area contributed by atoms with Gasteiger partial charge in [-0.2, -0.15) is 0 Å². The molecule has 0 aliphatic heterocycles. The molecular formula is C20H18FN3O3. The number of aryl methyl sites for hydroxylation is 1. The number of carbonyl (C=O) groups is 1. The van der Waals surface area contributed by atoms with E-state index in [1.807, 2.05) is 0 Å². The summed E-state index contributed by atoms with van der Waals surface area (Å²) in [6.45, 7) is 1.72. The maximum Gasteiger partial charge on any atom is 0.259 e. The minimum Gasteiger partial charge on any atom is -0.497 e. The van der Waals surface area contributed by atoms with Crippen LogP contribution in [0.1, 0.15) is 16.1 Å². The Morgan fingerprint density at radius 3 is 2.44 bits per heavy atom. The Morgan fingerprint density at radius 2 is 1.81 bits per heavy atom. The minimum atomic E-state index is -0.360. The van der Waals surface area contributed by atoms with Crippen molar-refractivity contribution in [1.82, 2.24) is 9.97 Å². The molecule has 2 aromatic carbocycles. The Morgan fingerprint density at radius 1 is 1.07 bits per heavy atom. The van der Waals surface area contributed by atoms with Gasteiger partial charge in [-0.1, -0.05) is 0 Å². The van der Waals surface area contributed by atoms with Crippen molar-refractivity contribution in [2.75, 3.05) is 19.5 Å². The Hall–Kier alpha value is -3.48. The third-order valence-electron chi connectivity index (χ3n) is 3.98. The van der Waals surface area contributed by atoms with Crippen LogP contribution in [-0.4, -0.2) is 30.1 Å². The van der Waals surface area contributed by atoms with Gasteiger partial charge in [-0.15, -0.1) is 0 Å². The molecule has 0 aliphatic rings. The summed E-state index contributed by atoms with van der Waals surface area (Å²) in [6, 6.07) is 10.9. The van der Waals surface area contributed by atoms with Crippen LogP contribution in [0.15, 0.2) is 48.7 Å². The number of halogens is 1. The Balaban J connectivity index is 1.84. The van der Waals surface area contributed by atoms with Crippen LogP contribution < -0.4 is 14.8 Å². The van der Waals surface area contributed by atoms with Crippen molar-refractivity contribution < 1.29 is 18.7 Å². The van der Waals surface area contributed by atoms with E-state index in [1.54, 1.807) is 44.4 Å². The van der Waals surface area contributed by atoms with Crippen molar-refractivity contribution in [2.24, 2.45) is 0 Å². The molecule has 1 aromatic heterocycles. The fraction of sp³-hybridized carbons (Fsp3) is 0.150. The number of aromatic nitrogens is 2. The number of benzene rings is 2. The van der Waals surface area contributed by atoms with Gasteiger partial charge in [0.25, 0.3) is 5.91 Å². The van der Waals surface area contributed by atoms with Crippen LogP contribution in [0, 0.1) is 12.7 Å². The van der Waals surface area contributed by atoms with Gasteiger partial charge in [0.05, 0.1) is 31.2 Å². The fourth-order valence-electron chi connectivity index (χ4n) is 2.52. The van der Waals surface area contributed by atoms with Crippen molar-refractivity contribution in [1.29, 1.82) is 0 Å². The highest BCUT2D eigenvalue weighted by Crippen LogP contribution is 2.29. The summed E-state index contributed by atoms with van der Waals surface area (Å²) in [6.07, 6.45) is 1.45. The van der Waals surface area contributed by atoms with Gasteiger partial charge in [0.1, 0.15) is 17.3 Å². The van der Waals surface area contributed by atoms with Gasteiger partial charge < -0.3 is 14.8 Å². The largest absolute Gasteiger partial charge is 0.497 e. The number of rotatable bonds is 5. The number of anilines is 1. The quantitative estimate of drug-likeness (QED) is 0.741. The zero-order chi connectivity index (χ0) is 19.4. The lowest BCUT2D eigenvalue weighted by molar-refractivity contribution is 0.102. The summed E-state index contributed by atoms with van der Waals surface area (Å²) >= 11 is 0. The fourth-order valence-corrected chi connectivity index (χ4v) is 2.52. The molecule has 0 fully saturated rings. The average Bonchev–Trinajstić information content (AvgIpc) is 2.68. The van der Waals surface area contributed by atoms with Crippen molar-refractivity contribution in [3.05, 3.63) is 65.7 Å². The topological polar surface area (TPSA) is 73.3 Å². The second kappa shape index (κ2) is 7.82. The first kappa shape index (κ1) is 18.3. The monoisotopic (exact) mass is 367 g/mol. The number of methoxy groups -OCH3 is 2. The Labute approximate surface area is 156 Å². The van der Waals surface area contributed by atoms with E-state index in [0.29, 0.717) is 39.8 Å². The van der Waals surface area contributed by atoms with Crippen molar-refractivity contribution in [3.63, 3.8) is 0 Å². The summed E-state index contributed by atoms with van der Waals surface area (Å²) in [5.41, 5.74) is 2.02. The molecule has 0 radical (unpaired) electrons. The van der Waals surface area contributed by atoms with Gasteiger partial charge in [0.2, 0.25) is 0 Å². The molecule has 7 heteroatoms. The minimum absolute atomic E-state index is 0.332. The lowest BCUT2D eigenvalue weighted by atomic mass is 10.1. The third-order valence-corrected chi connectivity index (χ3v) is 3.98. The molecule has 3 aromatic rings. The first-order chi connectivity index (χ1) is 13.0. The SMILES string of the molecule is COc1ccc(NC(=O)c2cnc(-c3ccc(F)cc3)nc2C)c(OC)c1. The molecule has 27 heavy (non-hydrogen) atoms. The molecule has 0 bridgehead atoms. The van der Waals surface area contributed by atoms with Gasteiger partial charge in [0, 0.05) is 17.8 Å². The number of nitrogens with one attached hydrogen (secondary N) is 1. The van der Waals surface area contributed by atoms with E-state index in [9.17, 15) is 9.18 Å². The lowest BCUT2D eigenvalue weighted by Crippen LogP contribution is -2.15. The molecule has 1 heterocycles. The first-order valence-electron chi connectivity index (χ1n) is 8.14. The highest BCUT2D eigenvalue weighted by Gasteiger charge is 2.15. The summed E-state index contributed by atoms with van der Waals surface area (Å²) in [5, 5.41) is 2.79. The molecule has 0 unspecified atom stereocenters. The van der Waals surface area contributed by atoms with E-state index >= 15 is 0 Å². The van der Waals surface area contributed by atoms with Gasteiger partial charge in [0.15, 0.2) is 5.82 Å². The van der Waals surface area contributed by atoms with Gasteiger partial charge in [-0.05, 0) is 43.3 Å². The van der Waals surface area contributed by atoms with E-state index in [1.165, 1.54) is 25.4 Å². The zero-order valence-electron chi connectivity index (χ0n) is 15.1. The molecule has 3 rings (SSSR count). The zero-order valence-corrected chi connectivity index (χ0v) is 15.1. The highest BCUT2D eigenvalue weighted by atomic mass is 19.1. The van der Waals surface area contributed by atoms with E-state index in [-0.39, 0.29) is 11.7 Å². The Bertz CT molecular complexity index is 975. The molecule has 0 aliphatic carbocycles. The van der Waals surface area contributed by atoms with Gasteiger partial charge in [-0.3, -0.25) is 4.79 Å². The number of carbonyl (C=O) groups excluding carboxylic acids is 1. The van der Waals surface area contributed by atoms with Crippen LogP contribution in [0.4, 0.5) is 10.1 Å². The van der Waals surface area contributed by atoms with Crippen LogP contribution in [0.25, 0.3) is 11.4 Å². The van der Waals surface area contributed by atoms with Crippen molar-refractivity contribution in [3.8, 4) is 22.9 Å². The van der Waals surface area contributed by atoms with Gasteiger partial charge >= 0.3 is 0 Å². The van der Waals surface area contributed by atoms with Crippen molar-refractivity contribution in [2.45, 2.75) is 6.92 Å². The summed E-state index contributed by atoms with van der Waals surface area (Å²) in [4.78, 5) is 21.2. The Kier molecular flexibility index (Phi) is 5.30. The first-order valence-corrected chi connectivity index (χ1v) is 8.14. The third kappa shape index (κ3) is 4.03. The molecule has 0 spiro atoms. The van der Waals surface area contributed by atoms with Crippen LogP contribution in [-0.2, 0) is 0 Å². The second-order valence-corrected chi connectivity index (χ2v) is 5.72. The van der Waals surface area contributed by atoms with E-state index in [2.05, 4.69) is 15.3 Å². The van der Waals surface area contributed by atoms with Crippen molar-refractivity contribution >= 4 is 11.6 Å². The molecule has 0 saturated heterocycles. The lowest BCUT2D eigenvalue weighted by Gasteiger charge is -2.12. The smallest absolute Gasteiger partial charge is 0.259 e. The summed E-state index contributed by atoms with van der Waals surface area (Å²) in [5.74, 6) is 0.824. The predicted molar refractivity (Wildman–Crippen MR) is 99.7 cm³/mol. The highest BCUT2D eigenvalue weighted by molar-refractivity contribution is 6.05. The second-order valence-electron chi connectivity index (χ2n) is 5.72. The van der Waals surface area contributed by atoms with E-state index < -0.39 is 0 Å². The average molecular weight is 367 g/mol. The molecule has 0 saturated carbocycles. The maximum atomic E-state index is 13.1. The number of nitrogens with zero attached hydrogens (tertiary/aromatic N) is 2. The normalized spacial score (nSPS) is 10.4. The number of hydrogen-bond donors (Lipinski definition) is 1. The number of hydrogen-bond acceptors (Lipinski definition) is 5. The van der Waals surface area contributed by atoms with Crippen LogP contribution in [0.5, 0.6) is 11.5 Å². The molecule has 6 nitrogen and oxygen atoms in total. The summed E-state index contributed by atoms with van der Waals surface area (Å²) < 4.78 is 23.5. The maximum absolute atomic E-state index is 13.1. The number of amides is 1. The summed E-state index contributed by atoms with van der Waals surface area (Å²) in [7, 11) is 3.06. The van der Waals surface area contributed by atoms with Crippen LogP contribution in [0.3, 0.4) is 0 Å². The molecule has 1 amide bonds. The molecule has 1 N–H and O–H groups in total. The molecular weight excluding hydrogens is 349 g/mol. The molecule has 0 atom stereocenters. The van der Waals surface area contributed by atoms with E-state index in [0.717, 1.165) is 0 Å². The predicted octanol–water partition coefficient (Wildman–Crippen LogP) is 3.86. The van der Waals surface area contributed by atoms with E-state index in [4.69, 9.17) is 9.47 Å². The molecule has 138 valence electrons. The van der Waals surface area contributed by atoms with Crippen LogP contribution >= 0.6 is 0 Å². The number of ether oxygens (including phenoxy) is 2. The standard InChI is InChI=1S/C20H18FN3O3/c1-12-16(11-22-19(23-12)13-4-6-14(21)7-5-13)20(25)24-17-9-8-15(26-2)10-18(17)27-3/h4-11H,1-3H3,(H,24,25). The van der Waals surface area contributed by atoms with Crippen LogP contribution in [0.2, 0.25) is 0 Å².